The molecule has 0 aliphatic heterocycles. The first-order chi connectivity index (χ1) is 8.00. The van der Waals surface area contributed by atoms with Gasteiger partial charge in [0.1, 0.15) is 6.61 Å². The highest BCUT2D eigenvalue weighted by molar-refractivity contribution is 5.67. The molecule has 1 aromatic rings. The molecule has 1 unspecified atom stereocenters. The van der Waals surface area contributed by atoms with Gasteiger partial charge in [-0.15, -0.1) is 0 Å². The van der Waals surface area contributed by atoms with Gasteiger partial charge in [-0.2, -0.15) is 0 Å². The molecule has 1 aromatic carbocycles. The molecule has 0 aromatic heterocycles. The van der Waals surface area contributed by atoms with Crippen molar-refractivity contribution in [1.82, 2.24) is 4.90 Å². The maximum absolute atomic E-state index is 13.2. The Morgan fingerprint density at radius 2 is 2.12 bits per heavy atom. The van der Waals surface area contributed by atoms with Crippen LogP contribution in [0, 0.1) is 5.82 Å². The number of hydrogen-bond donors (Lipinski definition) is 1. The molecule has 5 heteroatoms. The molecule has 0 heterocycles. The maximum atomic E-state index is 13.2. The van der Waals surface area contributed by atoms with Crippen LogP contribution < -0.4 is 4.74 Å². The minimum absolute atomic E-state index is 0.0402. The van der Waals surface area contributed by atoms with Gasteiger partial charge in [0.15, 0.2) is 11.6 Å². The number of halogens is 1. The first-order valence-electron chi connectivity index (χ1n) is 5.26. The van der Waals surface area contributed by atoms with Crippen molar-refractivity contribution in [3.8, 4) is 5.75 Å². The van der Waals surface area contributed by atoms with Crippen molar-refractivity contribution in [1.29, 1.82) is 0 Å². The van der Waals surface area contributed by atoms with Gasteiger partial charge in [-0.3, -0.25) is 4.79 Å². The smallest absolute Gasteiger partial charge is 0.305 e. The molecule has 0 aliphatic rings. The Kier molecular flexibility index (Phi) is 4.90. The lowest BCUT2D eigenvalue weighted by molar-refractivity contribution is -0.138. The fraction of sp³-hybridized carbons (Fsp3) is 0.417. The number of hydrogen-bond acceptors (Lipinski definition) is 3. The van der Waals surface area contributed by atoms with Crippen LogP contribution >= 0.6 is 0 Å². The Labute approximate surface area is 99.6 Å². The zero-order chi connectivity index (χ0) is 12.8. The molecule has 0 radical (unpaired) electrons. The Hall–Kier alpha value is -1.62. The van der Waals surface area contributed by atoms with Crippen LogP contribution in [0.2, 0.25) is 0 Å². The van der Waals surface area contributed by atoms with Gasteiger partial charge in [0, 0.05) is 0 Å². The van der Waals surface area contributed by atoms with Crippen molar-refractivity contribution >= 4 is 5.97 Å². The Bertz CT molecular complexity index is 382. The second-order valence-electron chi connectivity index (χ2n) is 3.96. The summed E-state index contributed by atoms with van der Waals surface area (Å²) in [7, 11) is 3.52. The summed E-state index contributed by atoms with van der Waals surface area (Å²) in [6.45, 7) is 0.139. The SMILES string of the molecule is CN(C)C(COc1ccccc1F)CC(=O)O. The van der Waals surface area contributed by atoms with Crippen molar-refractivity contribution in [2.45, 2.75) is 12.5 Å². The molecule has 0 bridgehead atoms. The van der Waals surface area contributed by atoms with Crippen molar-refractivity contribution < 1.29 is 19.0 Å². The lowest BCUT2D eigenvalue weighted by Crippen LogP contribution is -2.35. The number of ether oxygens (including phenoxy) is 1. The van der Waals surface area contributed by atoms with Crippen molar-refractivity contribution in [2.24, 2.45) is 0 Å². The van der Waals surface area contributed by atoms with Crippen LogP contribution in [-0.2, 0) is 4.79 Å². The lowest BCUT2D eigenvalue weighted by Gasteiger charge is -2.22. The second-order valence-corrected chi connectivity index (χ2v) is 3.96. The van der Waals surface area contributed by atoms with Gasteiger partial charge in [0.05, 0.1) is 12.5 Å². The minimum Gasteiger partial charge on any atom is -0.489 e. The van der Waals surface area contributed by atoms with E-state index in [1.165, 1.54) is 12.1 Å². The Balaban J connectivity index is 2.58. The fourth-order valence-electron chi connectivity index (χ4n) is 1.34. The van der Waals surface area contributed by atoms with E-state index in [2.05, 4.69) is 0 Å². The molecule has 1 N–H and O–H groups in total. The highest BCUT2D eigenvalue weighted by Gasteiger charge is 2.17. The van der Waals surface area contributed by atoms with E-state index in [9.17, 15) is 9.18 Å². The molecule has 0 spiro atoms. The Morgan fingerprint density at radius 3 is 2.65 bits per heavy atom. The fourth-order valence-corrected chi connectivity index (χ4v) is 1.34. The summed E-state index contributed by atoms with van der Waals surface area (Å²) < 4.78 is 18.5. The average Bonchev–Trinajstić information content (AvgIpc) is 2.25. The van der Waals surface area contributed by atoms with Gasteiger partial charge in [0.2, 0.25) is 0 Å². The number of benzene rings is 1. The number of carboxylic acids is 1. The molecular weight excluding hydrogens is 225 g/mol. The molecule has 1 atom stereocenters. The molecule has 0 amide bonds. The van der Waals surface area contributed by atoms with Crippen LogP contribution in [0.1, 0.15) is 6.42 Å². The third-order valence-corrected chi connectivity index (χ3v) is 2.41. The predicted molar refractivity (Wildman–Crippen MR) is 61.6 cm³/mol. The van der Waals surface area contributed by atoms with Gasteiger partial charge in [0.25, 0.3) is 0 Å². The first-order valence-corrected chi connectivity index (χ1v) is 5.26. The molecule has 4 nitrogen and oxygen atoms in total. The summed E-state index contributed by atoms with van der Waals surface area (Å²) in [5.74, 6) is -1.20. The average molecular weight is 241 g/mol. The molecule has 0 saturated heterocycles. The summed E-state index contributed by atoms with van der Waals surface area (Å²) in [6, 6.07) is 5.77. The van der Waals surface area contributed by atoms with Gasteiger partial charge >= 0.3 is 5.97 Å². The zero-order valence-electron chi connectivity index (χ0n) is 9.89. The number of carbonyl (C=O) groups is 1. The topological polar surface area (TPSA) is 49.8 Å². The minimum atomic E-state index is -0.902. The zero-order valence-corrected chi connectivity index (χ0v) is 9.89. The van der Waals surface area contributed by atoms with Gasteiger partial charge in [-0.1, -0.05) is 12.1 Å². The summed E-state index contributed by atoms with van der Waals surface area (Å²) in [6.07, 6.45) is -0.0402. The lowest BCUT2D eigenvalue weighted by atomic mass is 10.2. The number of carboxylic acid groups (broad SMARTS) is 1. The number of para-hydroxylation sites is 1. The van der Waals surface area contributed by atoms with Crippen LogP contribution in [0.3, 0.4) is 0 Å². The van der Waals surface area contributed by atoms with Gasteiger partial charge < -0.3 is 14.7 Å². The van der Waals surface area contributed by atoms with Crippen molar-refractivity contribution in [3.63, 3.8) is 0 Å². The highest BCUT2D eigenvalue weighted by atomic mass is 19.1. The predicted octanol–water partition coefficient (Wildman–Crippen LogP) is 1.61. The monoisotopic (exact) mass is 241 g/mol. The molecule has 0 aliphatic carbocycles. The van der Waals surface area contributed by atoms with Gasteiger partial charge in [-0.25, -0.2) is 4.39 Å². The summed E-state index contributed by atoms with van der Waals surface area (Å²) in [5, 5.41) is 8.73. The maximum Gasteiger partial charge on any atom is 0.305 e. The van der Waals surface area contributed by atoms with Crippen LogP contribution in [0.5, 0.6) is 5.75 Å². The van der Waals surface area contributed by atoms with Crippen LogP contribution in [0.25, 0.3) is 0 Å². The summed E-state index contributed by atoms with van der Waals surface area (Å²) >= 11 is 0. The van der Waals surface area contributed by atoms with Crippen LogP contribution in [0.15, 0.2) is 24.3 Å². The van der Waals surface area contributed by atoms with Gasteiger partial charge in [-0.05, 0) is 26.2 Å². The molecular formula is C12H16FNO3. The third-order valence-electron chi connectivity index (χ3n) is 2.41. The van der Waals surface area contributed by atoms with E-state index in [0.29, 0.717) is 0 Å². The van der Waals surface area contributed by atoms with Crippen LogP contribution in [-0.4, -0.2) is 42.7 Å². The van der Waals surface area contributed by atoms with E-state index in [4.69, 9.17) is 9.84 Å². The van der Waals surface area contributed by atoms with E-state index in [0.717, 1.165) is 0 Å². The molecule has 94 valence electrons. The molecule has 1 rings (SSSR count). The quantitative estimate of drug-likeness (QED) is 0.822. The Morgan fingerprint density at radius 1 is 1.47 bits per heavy atom. The third kappa shape index (κ3) is 4.40. The summed E-state index contributed by atoms with van der Waals surface area (Å²) in [5.41, 5.74) is 0. The standard InChI is InChI=1S/C12H16FNO3/c1-14(2)9(7-12(15)16)8-17-11-6-4-3-5-10(11)13/h3-6,9H,7-8H2,1-2H3,(H,15,16). The number of likely N-dealkylation sites (N-methyl/N-ethyl adjacent to an activating group) is 1. The van der Waals surface area contributed by atoms with E-state index < -0.39 is 11.8 Å². The number of aliphatic carboxylic acids is 1. The van der Waals surface area contributed by atoms with E-state index in [1.807, 2.05) is 0 Å². The largest absolute Gasteiger partial charge is 0.489 e. The molecule has 17 heavy (non-hydrogen) atoms. The van der Waals surface area contributed by atoms with Crippen molar-refractivity contribution in [2.75, 3.05) is 20.7 Å². The van der Waals surface area contributed by atoms with E-state index in [-0.39, 0.29) is 24.8 Å². The van der Waals surface area contributed by atoms with Crippen LogP contribution in [0.4, 0.5) is 4.39 Å². The summed E-state index contributed by atoms with van der Waals surface area (Å²) in [4.78, 5) is 12.4. The van der Waals surface area contributed by atoms with Crippen molar-refractivity contribution in [3.05, 3.63) is 30.1 Å². The second kappa shape index (κ2) is 6.20. The normalized spacial score (nSPS) is 12.5. The molecule has 0 fully saturated rings. The molecule has 0 saturated carbocycles. The van der Waals surface area contributed by atoms with E-state index in [1.54, 1.807) is 31.1 Å². The van der Waals surface area contributed by atoms with E-state index >= 15 is 0 Å². The number of nitrogens with zero attached hydrogens (tertiary/aromatic N) is 1. The number of rotatable bonds is 6. The first kappa shape index (κ1) is 13.4. The highest BCUT2D eigenvalue weighted by Crippen LogP contribution is 2.16.